The molecule has 3 heteroatoms. The molecule has 0 aliphatic carbocycles. The zero-order valence-corrected chi connectivity index (χ0v) is 12.0. The lowest BCUT2D eigenvalue weighted by Gasteiger charge is -2.13. The molecule has 0 aliphatic rings. The lowest BCUT2D eigenvalue weighted by molar-refractivity contribution is 0.657. The van der Waals surface area contributed by atoms with Crippen molar-refractivity contribution in [2.75, 3.05) is 0 Å². The van der Waals surface area contributed by atoms with Gasteiger partial charge in [0.2, 0.25) is 0 Å². The maximum Gasteiger partial charge on any atom is 0.255 e. The first-order valence-electron chi connectivity index (χ1n) is 6.12. The van der Waals surface area contributed by atoms with E-state index >= 15 is 0 Å². The Kier molecular flexibility index (Phi) is 4.37. The van der Waals surface area contributed by atoms with Crippen molar-refractivity contribution in [1.82, 2.24) is 4.57 Å². The average Bonchev–Trinajstić information content (AvgIpc) is 2.42. The van der Waals surface area contributed by atoms with E-state index in [1.54, 1.807) is 0 Å². The van der Waals surface area contributed by atoms with E-state index < -0.39 is 0 Å². The number of hydrogen-bond acceptors (Lipinski definition) is 1. The molecule has 0 unspecified atom stereocenters. The Balaban J connectivity index is 2.61. The molecule has 1 aromatic carbocycles. The monoisotopic (exact) mass is 305 g/mol. The highest BCUT2D eigenvalue weighted by atomic mass is 79.9. The summed E-state index contributed by atoms with van der Waals surface area (Å²) in [6.45, 7) is 2.84. The van der Waals surface area contributed by atoms with Crippen LogP contribution in [0.5, 0.6) is 0 Å². The lowest BCUT2D eigenvalue weighted by atomic mass is 10.1. The van der Waals surface area contributed by atoms with Gasteiger partial charge in [-0.1, -0.05) is 59.3 Å². The molecular formula is C15H16BrNO. The third-order valence-corrected chi connectivity index (χ3v) is 3.52. The van der Waals surface area contributed by atoms with Crippen LogP contribution in [0.4, 0.5) is 0 Å². The molecule has 0 amide bonds. The summed E-state index contributed by atoms with van der Waals surface area (Å²) in [5.41, 5.74) is 2.99. The van der Waals surface area contributed by atoms with Crippen molar-refractivity contribution in [3.8, 4) is 11.3 Å². The number of pyridine rings is 1. The Morgan fingerprint density at radius 1 is 1.11 bits per heavy atom. The number of aromatic nitrogens is 1. The second-order valence-corrected chi connectivity index (χ2v) is 4.76. The SMILES string of the molecule is CCCn1c(-c2ccccc2)ccc(CBr)c1=O. The third kappa shape index (κ3) is 2.56. The van der Waals surface area contributed by atoms with Crippen molar-refractivity contribution >= 4 is 15.9 Å². The zero-order chi connectivity index (χ0) is 13.0. The van der Waals surface area contributed by atoms with E-state index in [-0.39, 0.29) is 5.56 Å². The zero-order valence-electron chi connectivity index (χ0n) is 10.4. The van der Waals surface area contributed by atoms with Gasteiger partial charge in [-0.2, -0.15) is 0 Å². The van der Waals surface area contributed by atoms with E-state index in [1.807, 2.05) is 47.0 Å². The molecule has 0 fully saturated rings. The van der Waals surface area contributed by atoms with Gasteiger partial charge in [0.1, 0.15) is 0 Å². The minimum atomic E-state index is 0.107. The Bertz CT molecular complexity index is 575. The summed E-state index contributed by atoms with van der Waals surface area (Å²) in [6.07, 6.45) is 0.950. The molecule has 0 atom stereocenters. The van der Waals surface area contributed by atoms with Crippen LogP contribution in [0.2, 0.25) is 0 Å². The summed E-state index contributed by atoms with van der Waals surface area (Å²) >= 11 is 3.36. The highest BCUT2D eigenvalue weighted by Crippen LogP contribution is 2.18. The first-order valence-corrected chi connectivity index (χ1v) is 7.24. The molecule has 1 heterocycles. The second-order valence-electron chi connectivity index (χ2n) is 4.20. The summed E-state index contributed by atoms with van der Waals surface area (Å²) < 4.78 is 1.87. The van der Waals surface area contributed by atoms with Gasteiger partial charge in [0.25, 0.3) is 5.56 Å². The highest BCUT2D eigenvalue weighted by Gasteiger charge is 2.08. The summed E-state index contributed by atoms with van der Waals surface area (Å²) in [5.74, 6) is 0. The van der Waals surface area contributed by atoms with E-state index in [2.05, 4.69) is 22.9 Å². The molecule has 2 aromatic rings. The molecule has 0 spiro atoms. The van der Waals surface area contributed by atoms with Crippen molar-refractivity contribution in [3.05, 3.63) is 58.4 Å². The number of rotatable bonds is 4. The second kappa shape index (κ2) is 6.01. The molecule has 1 aromatic heterocycles. The van der Waals surface area contributed by atoms with Crippen molar-refractivity contribution in [2.45, 2.75) is 25.2 Å². The first kappa shape index (κ1) is 13.1. The number of benzene rings is 1. The molecule has 0 saturated heterocycles. The first-order chi connectivity index (χ1) is 8.77. The van der Waals surface area contributed by atoms with Crippen LogP contribution in [-0.2, 0) is 11.9 Å². The van der Waals surface area contributed by atoms with Crippen LogP contribution in [0.3, 0.4) is 0 Å². The lowest BCUT2D eigenvalue weighted by Crippen LogP contribution is -2.24. The van der Waals surface area contributed by atoms with E-state index in [0.717, 1.165) is 29.8 Å². The maximum atomic E-state index is 12.3. The van der Waals surface area contributed by atoms with Crippen LogP contribution >= 0.6 is 15.9 Å². The van der Waals surface area contributed by atoms with E-state index in [4.69, 9.17) is 0 Å². The molecule has 2 rings (SSSR count). The molecule has 94 valence electrons. The fraction of sp³-hybridized carbons (Fsp3) is 0.267. The molecular weight excluding hydrogens is 290 g/mol. The Hall–Kier alpha value is -1.35. The number of nitrogens with zero attached hydrogens (tertiary/aromatic N) is 1. The smallest absolute Gasteiger partial charge is 0.255 e. The van der Waals surface area contributed by atoms with Crippen molar-refractivity contribution < 1.29 is 0 Å². The van der Waals surface area contributed by atoms with Crippen LogP contribution in [0.25, 0.3) is 11.3 Å². The largest absolute Gasteiger partial charge is 0.308 e. The van der Waals surface area contributed by atoms with Crippen molar-refractivity contribution in [2.24, 2.45) is 0 Å². The highest BCUT2D eigenvalue weighted by molar-refractivity contribution is 9.08. The van der Waals surface area contributed by atoms with Crippen LogP contribution in [0, 0.1) is 0 Å². The fourth-order valence-corrected chi connectivity index (χ4v) is 2.46. The Morgan fingerprint density at radius 3 is 2.44 bits per heavy atom. The Labute approximate surface area is 115 Å². The van der Waals surface area contributed by atoms with Gasteiger partial charge in [-0.3, -0.25) is 4.79 Å². The average molecular weight is 306 g/mol. The molecule has 0 saturated carbocycles. The maximum absolute atomic E-state index is 12.3. The molecule has 0 aliphatic heterocycles. The summed E-state index contributed by atoms with van der Waals surface area (Å²) in [6, 6.07) is 14.0. The molecule has 0 N–H and O–H groups in total. The van der Waals surface area contributed by atoms with E-state index in [9.17, 15) is 4.79 Å². The quantitative estimate of drug-likeness (QED) is 0.787. The number of halogens is 1. The van der Waals surface area contributed by atoms with Gasteiger partial charge < -0.3 is 4.57 Å². The van der Waals surface area contributed by atoms with Crippen LogP contribution < -0.4 is 5.56 Å². The van der Waals surface area contributed by atoms with E-state index in [0.29, 0.717) is 5.33 Å². The van der Waals surface area contributed by atoms with Gasteiger partial charge in [0.15, 0.2) is 0 Å². The van der Waals surface area contributed by atoms with Crippen LogP contribution in [0.1, 0.15) is 18.9 Å². The van der Waals surface area contributed by atoms with Gasteiger partial charge in [-0.15, -0.1) is 0 Å². The predicted octanol–water partition coefficient (Wildman–Crippen LogP) is 3.82. The predicted molar refractivity (Wildman–Crippen MR) is 79.1 cm³/mol. The molecule has 0 radical (unpaired) electrons. The van der Waals surface area contributed by atoms with Gasteiger partial charge >= 0.3 is 0 Å². The van der Waals surface area contributed by atoms with E-state index in [1.165, 1.54) is 0 Å². The minimum Gasteiger partial charge on any atom is -0.308 e. The normalized spacial score (nSPS) is 10.6. The minimum absolute atomic E-state index is 0.107. The van der Waals surface area contributed by atoms with Crippen molar-refractivity contribution in [1.29, 1.82) is 0 Å². The third-order valence-electron chi connectivity index (χ3n) is 2.91. The fourth-order valence-electron chi connectivity index (χ4n) is 2.03. The molecule has 0 bridgehead atoms. The van der Waals surface area contributed by atoms with Crippen LogP contribution in [0.15, 0.2) is 47.3 Å². The van der Waals surface area contributed by atoms with Gasteiger partial charge in [0.05, 0.1) is 5.69 Å². The summed E-state index contributed by atoms with van der Waals surface area (Å²) in [7, 11) is 0. The topological polar surface area (TPSA) is 22.0 Å². The molecule has 18 heavy (non-hydrogen) atoms. The molecule has 2 nitrogen and oxygen atoms in total. The number of hydrogen-bond donors (Lipinski definition) is 0. The van der Waals surface area contributed by atoms with Crippen LogP contribution in [-0.4, -0.2) is 4.57 Å². The van der Waals surface area contributed by atoms with Gasteiger partial charge in [-0.05, 0) is 18.1 Å². The van der Waals surface area contributed by atoms with Gasteiger partial charge in [0, 0.05) is 17.4 Å². The summed E-state index contributed by atoms with van der Waals surface area (Å²) in [5, 5.41) is 0.602. The van der Waals surface area contributed by atoms with Gasteiger partial charge in [-0.25, -0.2) is 0 Å². The number of alkyl halides is 1. The standard InChI is InChI=1S/C15H16BrNO/c1-2-10-17-14(12-6-4-3-5-7-12)9-8-13(11-16)15(17)18/h3-9H,2,10-11H2,1H3. The van der Waals surface area contributed by atoms with Crippen molar-refractivity contribution in [3.63, 3.8) is 0 Å². The Morgan fingerprint density at radius 2 is 1.83 bits per heavy atom. The summed E-state index contributed by atoms with van der Waals surface area (Å²) in [4.78, 5) is 12.3.